The Labute approximate surface area is 130 Å². The summed E-state index contributed by atoms with van der Waals surface area (Å²) in [4.78, 5) is 0. The summed E-state index contributed by atoms with van der Waals surface area (Å²) < 4.78 is 18.1. The molecule has 1 aliphatic heterocycles. The molecule has 0 bridgehead atoms. The van der Waals surface area contributed by atoms with E-state index in [1.54, 1.807) is 0 Å². The molecule has 3 unspecified atom stereocenters. The largest absolute Gasteiger partial charge is 0.417 e. The van der Waals surface area contributed by atoms with Crippen LogP contribution in [-0.2, 0) is 13.9 Å². The first-order chi connectivity index (χ1) is 9.43. The van der Waals surface area contributed by atoms with Crippen molar-refractivity contribution in [2.24, 2.45) is 5.73 Å². The molecule has 2 aliphatic rings. The van der Waals surface area contributed by atoms with E-state index in [-0.39, 0.29) is 23.3 Å². The van der Waals surface area contributed by atoms with Crippen molar-refractivity contribution in [3.63, 3.8) is 0 Å². The fourth-order valence-corrected chi connectivity index (χ4v) is 3.71. The van der Waals surface area contributed by atoms with E-state index in [2.05, 4.69) is 39.9 Å². The predicted octanol–water partition coefficient (Wildman–Crippen LogP) is 3.19. The van der Waals surface area contributed by atoms with Crippen LogP contribution >= 0.6 is 0 Å². The van der Waals surface area contributed by atoms with Gasteiger partial charge in [-0.2, -0.15) is 0 Å². The molecule has 1 saturated heterocycles. The van der Waals surface area contributed by atoms with Gasteiger partial charge < -0.3 is 19.6 Å². The molecule has 0 aromatic rings. The van der Waals surface area contributed by atoms with Gasteiger partial charge in [-0.25, -0.2) is 0 Å². The lowest BCUT2D eigenvalue weighted by molar-refractivity contribution is -0.146. The summed E-state index contributed by atoms with van der Waals surface area (Å²) in [6.07, 6.45) is 2.93. The van der Waals surface area contributed by atoms with E-state index in [1.165, 1.54) is 5.57 Å². The van der Waals surface area contributed by atoms with Crippen LogP contribution < -0.4 is 5.73 Å². The van der Waals surface area contributed by atoms with Crippen LogP contribution in [0, 0.1) is 0 Å². The maximum atomic E-state index is 6.25. The van der Waals surface area contributed by atoms with Gasteiger partial charge in [0.05, 0.1) is 6.04 Å². The van der Waals surface area contributed by atoms with E-state index in [0.717, 1.165) is 13.0 Å². The summed E-state index contributed by atoms with van der Waals surface area (Å²) >= 11 is 0. The Balaban J connectivity index is 1.92. The van der Waals surface area contributed by atoms with Crippen molar-refractivity contribution >= 4 is 8.32 Å². The standard InChI is InChI=1S/C16H31NO3Si/c1-15(2,3)21(6,7)18-9-8-11-10-12(17)14-13(11)19-16(4,5)20-14/h10,12-14H,8-9,17H2,1-7H3. The number of hydrogen-bond acceptors (Lipinski definition) is 4. The topological polar surface area (TPSA) is 53.7 Å². The van der Waals surface area contributed by atoms with Gasteiger partial charge in [-0.3, -0.25) is 0 Å². The fraction of sp³-hybridized carbons (Fsp3) is 0.875. The second-order valence-corrected chi connectivity index (χ2v) is 13.0. The van der Waals surface area contributed by atoms with E-state index >= 15 is 0 Å². The highest BCUT2D eigenvalue weighted by Crippen LogP contribution is 2.40. The number of ether oxygens (including phenoxy) is 2. The molecule has 0 amide bonds. The number of rotatable bonds is 4. The smallest absolute Gasteiger partial charge is 0.191 e. The average Bonchev–Trinajstić information content (AvgIpc) is 2.74. The van der Waals surface area contributed by atoms with Crippen LogP contribution in [0.15, 0.2) is 11.6 Å². The Kier molecular flexibility index (Phi) is 4.46. The lowest BCUT2D eigenvalue weighted by atomic mass is 10.1. The molecular formula is C16H31NO3Si. The van der Waals surface area contributed by atoms with Crippen molar-refractivity contribution in [3.05, 3.63) is 11.6 Å². The van der Waals surface area contributed by atoms with Crippen molar-refractivity contribution in [1.82, 2.24) is 0 Å². The van der Waals surface area contributed by atoms with Crippen LogP contribution in [0.2, 0.25) is 18.1 Å². The molecule has 21 heavy (non-hydrogen) atoms. The Morgan fingerprint density at radius 1 is 1.29 bits per heavy atom. The third-order valence-corrected chi connectivity index (χ3v) is 9.48. The molecule has 0 aromatic heterocycles. The van der Waals surface area contributed by atoms with Crippen molar-refractivity contribution < 1.29 is 13.9 Å². The van der Waals surface area contributed by atoms with E-state index in [9.17, 15) is 0 Å². The fourth-order valence-electron chi connectivity index (χ4n) is 2.66. The molecule has 4 nitrogen and oxygen atoms in total. The highest BCUT2D eigenvalue weighted by atomic mass is 28.4. The summed E-state index contributed by atoms with van der Waals surface area (Å²) in [6, 6.07) is -0.0698. The van der Waals surface area contributed by atoms with Gasteiger partial charge >= 0.3 is 0 Å². The number of hydrogen-bond donors (Lipinski definition) is 1. The zero-order valence-electron chi connectivity index (χ0n) is 14.5. The lowest BCUT2D eigenvalue weighted by Gasteiger charge is -2.36. The molecule has 0 aromatic carbocycles. The van der Waals surface area contributed by atoms with Gasteiger partial charge in [0.25, 0.3) is 0 Å². The summed E-state index contributed by atoms with van der Waals surface area (Å²) in [6.45, 7) is 16.0. The van der Waals surface area contributed by atoms with Gasteiger partial charge in [-0.1, -0.05) is 26.8 Å². The Morgan fingerprint density at radius 3 is 2.48 bits per heavy atom. The monoisotopic (exact) mass is 313 g/mol. The molecule has 0 saturated carbocycles. The van der Waals surface area contributed by atoms with E-state index < -0.39 is 14.1 Å². The first kappa shape index (κ1) is 17.2. The predicted molar refractivity (Wildman–Crippen MR) is 87.6 cm³/mol. The van der Waals surface area contributed by atoms with Crippen molar-refractivity contribution in [3.8, 4) is 0 Å². The molecule has 2 rings (SSSR count). The third-order valence-electron chi connectivity index (χ3n) is 4.94. The SMILES string of the molecule is CC1(C)OC2C(CCO[Si](C)(C)C(C)(C)C)=CC(N)C2O1. The van der Waals surface area contributed by atoms with Gasteiger partial charge in [0, 0.05) is 6.61 Å². The highest BCUT2D eigenvalue weighted by Gasteiger charge is 2.48. The van der Waals surface area contributed by atoms with Gasteiger partial charge in [0.15, 0.2) is 14.1 Å². The molecule has 0 spiro atoms. The van der Waals surface area contributed by atoms with Gasteiger partial charge in [0.2, 0.25) is 0 Å². The Morgan fingerprint density at radius 2 is 1.90 bits per heavy atom. The molecule has 1 aliphatic carbocycles. The summed E-state index contributed by atoms with van der Waals surface area (Å²) in [7, 11) is -1.69. The lowest BCUT2D eigenvalue weighted by Crippen LogP contribution is -2.41. The molecule has 2 N–H and O–H groups in total. The van der Waals surface area contributed by atoms with E-state index in [0.29, 0.717) is 0 Å². The highest BCUT2D eigenvalue weighted by molar-refractivity contribution is 6.74. The average molecular weight is 314 g/mol. The van der Waals surface area contributed by atoms with Gasteiger partial charge in [0.1, 0.15) is 12.2 Å². The van der Waals surface area contributed by atoms with Crippen LogP contribution in [0.4, 0.5) is 0 Å². The van der Waals surface area contributed by atoms with Crippen LogP contribution in [0.5, 0.6) is 0 Å². The quantitative estimate of drug-likeness (QED) is 0.640. The first-order valence-corrected chi connectivity index (χ1v) is 10.8. The minimum atomic E-state index is -1.69. The molecule has 3 atom stereocenters. The maximum absolute atomic E-state index is 6.25. The second-order valence-electron chi connectivity index (χ2n) is 8.20. The van der Waals surface area contributed by atoms with Gasteiger partial charge in [-0.15, -0.1) is 0 Å². The minimum Gasteiger partial charge on any atom is -0.417 e. The second kappa shape index (κ2) is 5.46. The number of fused-ring (bicyclic) bond motifs is 1. The third kappa shape index (κ3) is 3.59. The van der Waals surface area contributed by atoms with Gasteiger partial charge in [-0.05, 0) is 44.0 Å². The molecular weight excluding hydrogens is 282 g/mol. The molecule has 5 heteroatoms. The van der Waals surface area contributed by atoms with Crippen LogP contribution in [-0.4, -0.2) is 39.0 Å². The maximum Gasteiger partial charge on any atom is 0.191 e. The van der Waals surface area contributed by atoms with E-state index in [4.69, 9.17) is 19.6 Å². The van der Waals surface area contributed by atoms with Crippen LogP contribution in [0.25, 0.3) is 0 Å². The summed E-state index contributed by atoms with van der Waals surface area (Å²) in [5, 5.41) is 0.241. The minimum absolute atomic E-state index is 0.00184. The van der Waals surface area contributed by atoms with Crippen molar-refractivity contribution in [2.75, 3.05) is 6.61 Å². The molecule has 1 fully saturated rings. The van der Waals surface area contributed by atoms with Crippen LogP contribution in [0.1, 0.15) is 41.0 Å². The van der Waals surface area contributed by atoms with Crippen molar-refractivity contribution in [2.45, 2.75) is 83.2 Å². The first-order valence-electron chi connectivity index (χ1n) is 7.89. The number of nitrogens with two attached hydrogens (primary N) is 1. The normalized spacial score (nSPS) is 32.2. The molecule has 122 valence electrons. The molecule has 1 heterocycles. The summed E-state index contributed by atoms with van der Waals surface area (Å²) in [5.41, 5.74) is 7.38. The Bertz CT molecular complexity index is 426. The zero-order valence-corrected chi connectivity index (χ0v) is 15.5. The summed E-state index contributed by atoms with van der Waals surface area (Å²) in [5.74, 6) is -0.535. The van der Waals surface area contributed by atoms with Crippen molar-refractivity contribution in [1.29, 1.82) is 0 Å². The zero-order chi connectivity index (χ0) is 16.1. The Hall–Kier alpha value is -0.203. The molecule has 0 radical (unpaired) electrons. The van der Waals surface area contributed by atoms with Crippen LogP contribution in [0.3, 0.4) is 0 Å². The van der Waals surface area contributed by atoms with E-state index in [1.807, 2.05) is 13.8 Å².